The normalized spacial score (nSPS) is 11.7. The van der Waals surface area contributed by atoms with Crippen LogP contribution in [0.15, 0.2) is 35.4 Å². The second kappa shape index (κ2) is 6.00. The summed E-state index contributed by atoms with van der Waals surface area (Å²) in [5.74, 6) is -1.42. The predicted molar refractivity (Wildman–Crippen MR) is 69.0 cm³/mol. The lowest BCUT2D eigenvalue weighted by molar-refractivity contribution is -0.133. The van der Waals surface area contributed by atoms with Crippen molar-refractivity contribution < 1.29 is 14.7 Å². The van der Waals surface area contributed by atoms with E-state index in [-0.39, 0.29) is 17.1 Å². The number of rotatable bonds is 4. The molecule has 1 aromatic carbocycles. The van der Waals surface area contributed by atoms with Gasteiger partial charge in [0.05, 0.1) is 0 Å². The number of hydrogen-bond donors (Lipinski definition) is 2. The predicted octanol–water partition coefficient (Wildman–Crippen LogP) is 2.03. The minimum Gasteiger partial charge on any atom is -0.478 e. The maximum atomic E-state index is 11.7. The molecule has 0 bridgehead atoms. The zero-order chi connectivity index (χ0) is 13.7. The molecule has 0 aliphatic carbocycles. The molecule has 0 aliphatic heterocycles. The third kappa shape index (κ3) is 3.73. The highest BCUT2D eigenvalue weighted by Gasteiger charge is 2.11. The Hall–Kier alpha value is -2.10. The lowest BCUT2D eigenvalue weighted by Gasteiger charge is -2.07. The van der Waals surface area contributed by atoms with Crippen molar-refractivity contribution in [2.24, 2.45) is 0 Å². The molecule has 1 rings (SSSR count). The van der Waals surface area contributed by atoms with Gasteiger partial charge in [-0.25, -0.2) is 4.79 Å². The number of aliphatic carboxylic acids is 1. The zero-order valence-corrected chi connectivity index (χ0v) is 10.8. The van der Waals surface area contributed by atoms with Gasteiger partial charge >= 0.3 is 5.97 Å². The second-order valence-electron chi connectivity index (χ2n) is 4.22. The number of nitrogens with one attached hydrogen (secondary N) is 1. The number of aryl methyl sites for hydroxylation is 1. The van der Waals surface area contributed by atoms with Crippen molar-refractivity contribution in [2.75, 3.05) is 0 Å². The smallest absolute Gasteiger partial charge is 0.331 e. The van der Waals surface area contributed by atoms with E-state index < -0.39 is 5.97 Å². The Morgan fingerprint density at radius 1 is 1.11 bits per heavy atom. The van der Waals surface area contributed by atoms with Crippen LogP contribution in [0.2, 0.25) is 0 Å². The molecule has 1 aromatic rings. The Morgan fingerprint density at radius 2 is 1.67 bits per heavy atom. The molecule has 0 aliphatic rings. The topological polar surface area (TPSA) is 66.4 Å². The SMILES string of the molecule is CC(C(=O)O)=C(C)C(=O)NCc1ccc(C)cc1. The summed E-state index contributed by atoms with van der Waals surface area (Å²) in [4.78, 5) is 22.4. The molecule has 0 saturated heterocycles. The first-order valence-electron chi connectivity index (χ1n) is 5.66. The van der Waals surface area contributed by atoms with E-state index in [4.69, 9.17) is 5.11 Å². The first-order valence-corrected chi connectivity index (χ1v) is 5.66. The van der Waals surface area contributed by atoms with E-state index in [0.717, 1.165) is 11.1 Å². The molecule has 0 unspecified atom stereocenters. The number of carbonyl (C=O) groups excluding carboxylic acids is 1. The van der Waals surface area contributed by atoms with Gasteiger partial charge in [0.15, 0.2) is 0 Å². The van der Waals surface area contributed by atoms with E-state index in [2.05, 4.69) is 5.32 Å². The van der Waals surface area contributed by atoms with E-state index in [0.29, 0.717) is 6.54 Å². The highest BCUT2D eigenvalue weighted by molar-refractivity contribution is 6.01. The minimum atomic E-state index is -1.07. The Balaban J connectivity index is 2.64. The molecule has 2 N–H and O–H groups in total. The third-order valence-corrected chi connectivity index (χ3v) is 2.80. The molecule has 0 heterocycles. The van der Waals surface area contributed by atoms with Gasteiger partial charge in [-0.2, -0.15) is 0 Å². The maximum Gasteiger partial charge on any atom is 0.331 e. The molecule has 0 saturated carbocycles. The van der Waals surface area contributed by atoms with Gasteiger partial charge in [0.25, 0.3) is 0 Å². The van der Waals surface area contributed by atoms with Crippen LogP contribution in [0.5, 0.6) is 0 Å². The average molecular weight is 247 g/mol. The molecule has 96 valence electrons. The molecule has 1 amide bonds. The molecule has 0 radical (unpaired) electrons. The van der Waals surface area contributed by atoms with Crippen LogP contribution >= 0.6 is 0 Å². The number of benzene rings is 1. The number of amides is 1. The molecule has 0 fully saturated rings. The van der Waals surface area contributed by atoms with Crippen LogP contribution in [0.1, 0.15) is 25.0 Å². The Labute approximate surface area is 106 Å². The maximum absolute atomic E-state index is 11.7. The van der Waals surface area contributed by atoms with Crippen molar-refractivity contribution in [3.63, 3.8) is 0 Å². The number of hydrogen-bond acceptors (Lipinski definition) is 2. The molecule has 4 heteroatoms. The van der Waals surface area contributed by atoms with Crippen LogP contribution in [0.4, 0.5) is 0 Å². The van der Waals surface area contributed by atoms with E-state index >= 15 is 0 Å². The molecule has 4 nitrogen and oxygen atoms in total. The largest absolute Gasteiger partial charge is 0.478 e. The van der Waals surface area contributed by atoms with Crippen molar-refractivity contribution in [2.45, 2.75) is 27.3 Å². The Morgan fingerprint density at radius 3 is 2.17 bits per heavy atom. The van der Waals surface area contributed by atoms with Crippen molar-refractivity contribution in [3.8, 4) is 0 Å². The lowest BCUT2D eigenvalue weighted by Crippen LogP contribution is -2.25. The van der Waals surface area contributed by atoms with Gasteiger partial charge in [0.2, 0.25) is 5.91 Å². The van der Waals surface area contributed by atoms with Crippen molar-refractivity contribution in [1.29, 1.82) is 0 Å². The van der Waals surface area contributed by atoms with Gasteiger partial charge in [0, 0.05) is 17.7 Å². The highest BCUT2D eigenvalue weighted by Crippen LogP contribution is 2.06. The molecule has 0 aromatic heterocycles. The number of carboxylic acid groups (broad SMARTS) is 1. The van der Waals surface area contributed by atoms with Crippen LogP contribution in [0, 0.1) is 6.92 Å². The number of carbonyl (C=O) groups is 2. The summed E-state index contributed by atoms with van der Waals surface area (Å²) in [6.45, 7) is 5.31. The van der Waals surface area contributed by atoms with Crippen LogP contribution in [-0.2, 0) is 16.1 Å². The van der Waals surface area contributed by atoms with Crippen LogP contribution in [-0.4, -0.2) is 17.0 Å². The fourth-order valence-electron chi connectivity index (χ4n) is 1.35. The lowest BCUT2D eigenvalue weighted by atomic mass is 10.1. The van der Waals surface area contributed by atoms with Gasteiger partial charge in [0.1, 0.15) is 0 Å². The highest BCUT2D eigenvalue weighted by atomic mass is 16.4. The van der Waals surface area contributed by atoms with Crippen molar-refractivity contribution in [3.05, 3.63) is 46.5 Å². The Bertz CT molecular complexity index is 486. The summed E-state index contributed by atoms with van der Waals surface area (Å²) >= 11 is 0. The van der Waals surface area contributed by atoms with E-state index in [1.807, 2.05) is 31.2 Å². The first-order chi connectivity index (χ1) is 8.41. The third-order valence-electron chi connectivity index (χ3n) is 2.80. The zero-order valence-electron chi connectivity index (χ0n) is 10.8. The Kier molecular flexibility index (Phi) is 4.66. The van der Waals surface area contributed by atoms with Gasteiger partial charge in [-0.3, -0.25) is 4.79 Å². The quantitative estimate of drug-likeness (QED) is 0.800. The van der Waals surface area contributed by atoms with Gasteiger partial charge < -0.3 is 10.4 Å². The van der Waals surface area contributed by atoms with Gasteiger partial charge in [-0.05, 0) is 26.3 Å². The molecular weight excluding hydrogens is 230 g/mol. The summed E-state index contributed by atoms with van der Waals surface area (Å²) < 4.78 is 0. The molecule has 0 atom stereocenters. The fourth-order valence-corrected chi connectivity index (χ4v) is 1.35. The molecular formula is C14H17NO3. The van der Waals surface area contributed by atoms with E-state index in [9.17, 15) is 9.59 Å². The van der Waals surface area contributed by atoms with Crippen molar-refractivity contribution in [1.82, 2.24) is 5.32 Å². The summed E-state index contributed by atoms with van der Waals surface area (Å²) in [7, 11) is 0. The fraction of sp³-hybridized carbons (Fsp3) is 0.286. The van der Waals surface area contributed by atoms with Crippen LogP contribution in [0.25, 0.3) is 0 Å². The van der Waals surface area contributed by atoms with E-state index in [1.54, 1.807) is 0 Å². The van der Waals surface area contributed by atoms with Crippen molar-refractivity contribution >= 4 is 11.9 Å². The van der Waals surface area contributed by atoms with E-state index in [1.165, 1.54) is 13.8 Å². The summed E-state index contributed by atoms with van der Waals surface area (Å²) in [5, 5.41) is 11.5. The van der Waals surface area contributed by atoms with Crippen LogP contribution < -0.4 is 5.32 Å². The minimum absolute atomic E-state index is 0.0661. The van der Waals surface area contributed by atoms with Crippen LogP contribution in [0.3, 0.4) is 0 Å². The summed E-state index contributed by atoms with van der Waals surface area (Å²) in [6, 6.07) is 7.79. The second-order valence-corrected chi connectivity index (χ2v) is 4.22. The van der Waals surface area contributed by atoms with Gasteiger partial charge in [-0.15, -0.1) is 0 Å². The van der Waals surface area contributed by atoms with Gasteiger partial charge in [-0.1, -0.05) is 29.8 Å². The number of carboxylic acids is 1. The molecule has 0 spiro atoms. The summed E-state index contributed by atoms with van der Waals surface area (Å²) in [6.07, 6.45) is 0. The standard InChI is InChI=1S/C14H17NO3/c1-9-4-6-12(7-5-9)8-15-13(16)10(2)11(3)14(17)18/h4-7H,8H2,1-3H3,(H,15,16)(H,17,18). The first kappa shape index (κ1) is 14.0. The average Bonchev–Trinajstić information content (AvgIpc) is 2.35. The summed E-state index contributed by atoms with van der Waals surface area (Å²) in [5.41, 5.74) is 2.43. The monoisotopic (exact) mass is 247 g/mol. The molecule has 18 heavy (non-hydrogen) atoms.